The molecule has 29 heavy (non-hydrogen) atoms. The highest BCUT2D eigenvalue weighted by atomic mass is 19.4. The van der Waals surface area contributed by atoms with Gasteiger partial charge in [-0.05, 0) is 34.4 Å². The first-order valence-electron chi connectivity index (χ1n) is 9.09. The summed E-state index contributed by atoms with van der Waals surface area (Å²) in [5, 5.41) is 0. The van der Waals surface area contributed by atoms with Crippen molar-refractivity contribution in [3.63, 3.8) is 0 Å². The molecule has 3 heterocycles. The van der Waals surface area contributed by atoms with Gasteiger partial charge in [0, 0.05) is 43.7 Å². The van der Waals surface area contributed by atoms with E-state index in [2.05, 4.69) is 4.99 Å². The normalized spacial score (nSPS) is 21.4. The summed E-state index contributed by atoms with van der Waals surface area (Å²) >= 11 is 0. The van der Waals surface area contributed by atoms with Crippen LogP contribution in [0, 0.1) is 5.92 Å². The van der Waals surface area contributed by atoms with Crippen LogP contribution < -0.4 is 4.90 Å². The van der Waals surface area contributed by atoms with Crippen LogP contribution in [-0.4, -0.2) is 49.2 Å². The number of rotatable bonds is 3. The summed E-state index contributed by atoms with van der Waals surface area (Å²) in [6.45, 7) is -0.989. The molecule has 3 aliphatic rings. The highest BCUT2D eigenvalue weighted by Crippen LogP contribution is 2.34. The molecule has 0 radical (unpaired) electrons. The number of dihydropyridines is 1. The number of hydrogen-bond acceptors (Lipinski definition) is 3. The van der Waals surface area contributed by atoms with E-state index in [4.69, 9.17) is 0 Å². The quantitative estimate of drug-likeness (QED) is 0.782. The number of nitrogens with zero attached hydrogens (tertiary/aromatic N) is 3. The number of hydrogen-bond donors (Lipinski definition) is 0. The Morgan fingerprint density at radius 3 is 2.72 bits per heavy atom. The first-order chi connectivity index (χ1) is 13.7. The number of fused-ring (bicyclic) bond motifs is 1. The van der Waals surface area contributed by atoms with E-state index in [0.29, 0.717) is 11.1 Å². The summed E-state index contributed by atoms with van der Waals surface area (Å²) in [4.78, 5) is 29.8. The first-order valence-corrected chi connectivity index (χ1v) is 9.09. The Morgan fingerprint density at radius 2 is 2.03 bits per heavy atom. The molecule has 0 spiro atoms. The molecule has 8 heteroatoms. The lowest BCUT2D eigenvalue weighted by atomic mass is 9.91. The van der Waals surface area contributed by atoms with Gasteiger partial charge in [-0.3, -0.25) is 9.59 Å². The van der Waals surface area contributed by atoms with Crippen LogP contribution >= 0.6 is 0 Å². The minimum atomic E-state index is -4.34. The number of allylic oxidation sites excluding steroid dienone is 3. The number of amides is 2. The second-order valence-corrected chi connectivity index (χ2v) is 7.30. The molecule has 1 atom stereocenters. The van der Waals surface area contributed by atoms with Gasteiger partial charge in [-0.2, -0.15) is 13.2 Å². The molecule has 1 aromatic carbocycles. The summed E-state index contributed by atoms with van der Waals surface area (Å²) in [5.41, 5.74) is 3.74. The summed E-state index contributed by atoms with van der Waals surface area (Å²) < 4.78 is 39.1. The van der Waals surface area contributed by atoms with Crippen molar-refractivity contribution >= 4 is 29.3 Å². The lowest BCUT2D eigenvalue weighted by Crippen LogP contribution is -2.34. The van der Waals surface area contributed by atoms with Gasteiger partial charge in [-0.1, -0.05) is 18.2 Å². The fourth-order valence-electron chi connectivity index (χ4n) is 3.75. The maximum Gasteiger partial charge on any atom is 0.405 e. The molecule has 150 valence electrons. The minimum absolute atomic E-state index is 0.0158. The Kier molecular flexibility index (Phi) is 4.64. The third-order valence-electron chi connectivity index (χ3n) is 5.16. The molecule has 2 amide bonds. The van der Waals surface area contributed by atoms with Gasteiger partial charge in [0.2, 0.25) is 5.91 Å². The number of benzene rings is 1. The molecule has 0 aliphatic carbocycles. The van der Waals surface area contributed by atoms with Crippen LogP contribution in [0.15, 0.2) is 53.2 Å². The topological polar surface area (TPSA) is 53.0 Å². The fourth-order valence-corrected chi connectivity index (χ4v) is 3.75. The van der Waals surface area contributed by atoms with E-state index in [1.54, 1.807) is 24.1 Å². The predicted octanol–water partition coefficient (Wildman–Crippen LogP) is 3.13. The Bertz CT molecular complexity index is 989. The van der Waals surface area contributed by atoms with Crippen molar-refractivity contribution < 1.29 is 22.8 Å². The average molecular weight is 401 g/mol. The molecule has 0 saturated heterocycles. The van der Waals surface area contributed by atoms with Crippen LogP contribution in [0.3, 0.4) is 0 Å². The second-order valence-electron chi connectivity index (χ2n) is 7.30. The summed E-state index contributed by atoms with van der Waals surface area (Å²) in [6, 6.07) is 5.47. The van der Waals surface area contributed by atoms with Gasteiger partial charge >= 0.3 is 6.18 Å². The van der Waals surface area contributed by atoms with E-state index < -0.39 is 12.7 Å². The zero-order valence-corrected chi connectivity index (χ0v) is 15.6. The molecular formula is C21H18F3N3O2. The van der Waals surface area contributed by atoms with E-state index in [0.717, 1.165) is 16.8 Å². The number of halogens is 3. The maximum absolute atomic E-state index is 13.0. The summed E-state index contributed by atoms with van der Waals surface area (Å²) in [5.74, 6) is -0.736. The molecule has 5 nitrogen and oxygen atoms in total. The number of alkyl halides is 3. The van der Waals surface area contributed by atoms with Crippen LogP contribution in [0.1, 0.15) is 11.1 Å². The lowest BCUT2D eigenvalue weighted by molar-refractivity contribution is -0.139. The smallest absolute Gasteiger partial charge is 0.364 e. The number of aliphatic imine (C=N–C) groups is 1. The van der Waals surface area contributed by atoms with Gasteiger partial charge in [0.25, 0.3) is 5.91 Å². The van der Waals surface area contributed by atoms with Crippen molar-refractivity contribution in [2.24, 2.45) is 10.9 Å². The van der Waals surface area contributed by atoms with Crippen LogP contribution in [-0.2, 0) is 16.0 Å². The molecule has 0 saturated carbocycles. The first kappa shape index (κ1) is 19.2. The molecular weight excluding hydrogens is 383 g/mol. The van der Waals surface area contributed by atoms with E-state index in [1.807, 2.05) is 18.2 Å². The third-order valence-corrected chi connectivity index (χ3v) is 5.16. The van der Waals surface area contributed by atoms with Crippen molar-refractivity contribution in [1.29, 1.82) is 0 Å². The number of carbonyl (C=O) groups excluding carboxylic acids is 2. The zero-order chi connectivity index (χ0) is 20.8. The van der Waals surface area contributed by atoms with Crippen molar-refractivity contribution in [2.45, 2.75) is 12.6 Å². The Balaban J connectivity index is 1.70. The standard InChI is InChI=1S/C21H18F3N3O2/c1-26-18-4-2-13(6-15(18)8-20(26)29)16-7-17(14-3-5-19(28)25-9-14)11-27(10-16)12-21(22,23)24/h2-7,9-10,14H,8,11-12H2,1H3. The molecule has 0 aromatic heterocycles. The van der Waals surface area contributed by atoms with Crippen molar-refractivity contribution in [3.8, 4) is 0 Å². The lowest BCUT2D eigenvalue weighted by Gasteiger charge is -2.30. The monoisotopic (exact) mass is 401 g/mol. The van der Waals surface area contributed by atoms with E-state index in [9.17, 15) is 22.8 Å². The number of carbonyl (C=O) groups is 2. The van der Waals surface area contributed by atoms with Gasteiger partial charge in [0.1, 0.15) is 6.54 Å². The Morgan fingerprint density at radius 1 is 1.24 bits per heavy atom. The molecule has 0 fully saturated rings. The minimum Gasteiger partial charge on any atom is -0.364 e. The number of likely N-dealkylation sites (N-methyl/N-ethyl adjacent to an activating group) is 1. The molecule has 4 rings (SSSR count). The highest BCUT2D eigenvalue weighted by molar-refractivity contribution is 6.01. The molecule has 3 aliphatic heterocycles. The van der Waals surface area contributed by atoms with Crippen LogP contribution in [0.2, 0.25) is 0 Å². The highest BCUT2D eigenvalue weighted by Gasteiger charge is 2.32. The van der Waals surface area contributed by atoms with Crippen LogP contribution in [0.25, 0.3) is 5.57 Å². The van der Waals surface area contributed by atoms with Crippen molar-refractivity contribution in [2.75, 3.05) is 25.0 Å². The van der Waals surface area contributed by atoms with Crippen LogP contribution in [0.4, 0.5) is 18.9 Å². The zero-order valence-electron chi connectivity index (χ0n) is 15.6. The van der Waals surface area contributed by atoms with Gasteiger partial charge < -0.3 is 9.80 Å². The molecule has 0 bridgehead atoms. The van der Waals surface area contributed by atoms with Crippen molar-refractivity contribution in [1.82, 2.24) is 4.90 Å². The SMILES string of the molecule is CN1C(=O)Cc2cc(C3=CN(CC(F)(F)F)CC(C4C=CC(=O)N=C4)=C3)ccc21. The molecule has 1 unspecified atom stereocenters. The Labute approximate surface area is 165 Å². The fraction of sp³-hybridized carbons (Fsp3) is 0.286. The van der Waals surface area contributed by atoms with E-state index in [-0.39, 0.29) is 30.7 Å². The summed E-state index contributed by atoms with van der Waals surface area (Å²) in [7, 11) is 1.70. The van der Waals surface area contributed by atoms with Crippen LogP contribution in [0.5, 0.6) is 0 Å². The number of anilines is 1. The predicted molar refractivity (Wildman–Crippen MR) is 103 cm³/mol. The molecule has 0 N–H and O–H groups in total. The Hall–Kier alpha value is -3.16. The molecule has 1 aromatic rings. The second kappa shape index (κ2) is 7.02. The van der Waals surface area contributed by atoms with E-state index in [1.165, 1.54) is 23.4 Å². The van der Waals surface area contributed by atoms with Gasteiger partial charge in [-0.25, -0.2) is 4.99 Å². The van der Waals surface area contributed by atoms with Gasteiger partial charge in [0.15, 0.2) is 0 Å². The maximum atomic E-state index is 13.0. The van der Waals surface area contributed by atoms with Gasteiger partial charge in [0.05, 0.1) is 6.42 Å². The third kappa shape index (κ3) is 4.01. The van der Waals surface area contributed by atoms with Gasteiger partial charge in [-0.15, -0.1) is 0 Å². The summed E-state index contributed by atoms with van der Waals surface area (Å²) in [6.07, 6.45) is 3.69. The van der Waals surface area contributed by atoms with E-state index >= 15 is 0 Å². The average Bonchev–Trinajstić information content (AvgIpc) is 2.94. The van der Waals surface area contributed by atoms with Crippen molar-refractivity contribution in [3.05, 3.63) is 59.3 Å². The largest absolute Gasteiger partial charge is 0.405 e.